The molecule has 0 aliphatic rings. The summed E-state index contributed by atoms with van der Waals surface area (Å²) in [5.41, 5.74) is 9.83. The highest BCUT2D eigenvalue weighted by molar-refractivity contribution is 7.25. The van der Waals surface area contributed by atoms with Crippen LogP contribution in [-0.2, 0) is 0 Å². The molecule has 12 aromatic rings. The lowest BCUT2D eigenvalue weighted by Crippen LogP contribution is -2.11. The lowest BCUT2D eigenvalue weighted by atomic mass is 9.93. The van der Waals surface area contributed by atoms with Crippen LogP contribution >= 0.6 is 11.3 Å². The first-order chi connectivity index (χ1) is 28.3. The van der Waals surface area contributed by atoms with Crippen molar-refractivity contribution in [3.63, 3.8) is 0 Å². The van der Waals surface area contributed by atoms with Crippen LogP contribution in [0.1, 0.15) is 0 Å². The summed E-state index contributed by atoms with van der Waals surface area (Å²) >= 11 is 1.85. The van der Waals surface area contributed by atoms with Gasteiger partial charge < -0.3 is 9.32 Å². The SMILES string of the molecule is c1ccc(N(c2ccc(-c3cc4ccccc4c4ccccc34)cc2)c2ccc3c(c2)sc2ccccc23)c(-c2cccc3oc4c5ccccc5ccc4c23)c1. The summed E-state index contributed by atoms with van der Waals surface area (Å²) in [7, 11) is 0. The molecule has 57 heavy (non-hydrogen) atoms. The molecule has 2 nitrogen and oxygen atoms in total. The van der Waals surface area contributed by atoms with E-state index in [1.807, 2.05) is 11.3 Å². The summed E-state index contributed by atoms with van der Waals surface area (Å²) in [5.74, 6) is 0. The van der Waals surface area contributed by atoms with Crippen LogP contribution in [-0.4, -0.2) is 0 Å². The standard InChI is InChI=1S/C54H33NOS/c1-4-15-40-34(12-1)26-30-47-53-46(20-11-22-50(53)56-54(40)47)43-18-7-9-21-49(43)55(38-29-31-45-44-19-8-10-23-51(44)57-52(45)33-38)37-27-24-35(25-28-37)48-32-36-13-2-3-14-39(36)41-16-5-6-17-42(41)48/h1-33H. The number of hydrogen-bond acceptors (Lipinski definition) is 3. The molecule has 12 rings (SSSR count). The van der Waals surface area contributed by atoms with Gasteiger partial charge in [-0.25, -0.2) is 0 Å². The van der Waals surface area contributed by atoms with Crippen LogP contribution in [0, 0.1) is 0 Å². The Labute approximate surface area is 333 Å². The van der Waals surface area contributed by atoms with Gasteiger partial charge in [-0.1, -0.05) is 146 Å². The fraction of sp³-hybridized carbons (Fsp3) is 0. The molecule has 0 aliphatic heterocycles. The Balaban J connectivity index is 1.07. The molecular weight excluding hydrogens is 711 g/mol. The molecule has 2 aromatic heterocycles. The van der Waals surface area contributed by atoms with Crippen molar-refractivity contribution in [2.75, 3.05) is 4.90 Å². The van der Waals surface area contributed by atoms with Gasteiger partial charge in [0.05, 0.1) is 5.69 Å². The van der Waals surface area contributed by atoms with E-state index in [-0.39, 0.29) is 0 Å². The number of thiophene rings is 1. The second-order valence-corrected chi connectivity index (χ2v) is 15.9. The Bertz CT molecular complexity index is 3540. The molecule has 0 saturated carbocycles. The molecule has 0 aliphatic carbocycles. The van der Waals surface area contributed by atoms with E-state index in [1.54, 1.807) is 0 Å². The minimum absolute atomic E-state index is 0.888. The van der Waals surface area contributed by atoms with Gasteiger partial charge in [0, 0.05) is 53.3 Å². The molecule has 0 atom stereocenters. The molecule has 266 valence electrons. The van der Waals surface area contributed by atoms with E-state index >= 15 is 0 Å². The van der Waals surface area contributed by atoms with Gasteiger partial charge in [-0.3, -0.25) is 0 Å². The van der Waals surface area contributed by atoms with Gasteiger partial charge in [-0.15, -0.1) is 11.3 Å². The molecule has 10 aromatic carbocycles. The quantitative estimate of drug-likeness (QED) is 0.163. The number of para-hydroxylation sites is 1. The Morgan fingerprint density at radius 3 is 1.89 bits per heavy atom. The van der Waals surface area contributed by atoms with E-state index in [1.165, 1.54) is 58.2 Å². The van der Waals surface area contributed by atoms with Gasteiger partial charge in [0.2, 0.25) is 0 Å². The molecule has 2 heterocycles. The first-order valence-corrected chi connectivity index (χ1v) is 20.2. The number of rotatable bonds is 5. The second kappa shape index (κ2) is 12.7. The number of hydrogen-bond donors (Lipinski definition) is 0. The molecule has 0 N–H and O–H groups in total. The lowest BCUT2D eigenvalue weighted by molar-refractivity contribution is 0.673. The average Bonchev–Trinajstić information content (AvgIpc) is 3.85. The fourth-order valence-electron chi connectivity index (χ4n) is 9.04. The topological polar surface area (TPSA) is 16.4 Å². The molecule has 0 bridgehead atoms. The smallest absolute Gasteiger partial charge is 0.143 e. The highest BCUT2D eigenvalue weighted by Crippen LogP contribution is 2.47. The zero-order chi connectivity index (χ0) is 37.5. The lowest BCUT2D eigenvalue weighted by Gasteiger charge is -2.28. The first-order valence-electron chi connectivity index (χ1n) is 19.4. The van der Waals surface area contributed by atoms with Crippen LogP contribution in [0.25, 0.3) is 96.7 Å². The van der Waals surface area contributed by atoms with Gasteiger partial charge >= 0.3 is 0 Å². The van der Waals surface area contributed by atoms with Crippen molar-refractivity contribution in [1.29, 1.82) is 0 Å². The molecular formula is C54H33NOS. The minimum atomic E-state index is 0.888. The highest BCUT2D eigenvalue weighted by Gasteiger charge is 2.22. The first kappa shape index (κ1) is 32.1. The largest absolute Gasteiger partial charge is 0.455 e. The summed E-state index contributed by atoms with van der Waals surface area (Å²) in [6, 6.07) is 72.8. The van der Waals surface area contributed by atoms with Crippen molar-refractivity contribution >= 4 is 103 Å². The normalized spacial score (nSPS) is 11.9. The van der Waals surface area contributed by atoms with Gasteiger partial charge in [0.1, 0.15) is 11.2 Å². The van der Waals surface area contributed by atoms with Crippen molar-refractivity contribution < 1.29 is 4.42 Å². The van der Waals surface area contributed by atoms with E-state index in [4.69, 9.17) is 4.42 Å². The van der Waals surface area contributed by atoms with Crippen LogP contribution in [0.15, 0.2) is 205 Å². The molecule has 0 spiro atoms. The van der Waals surface area contributed by atoms with Crippen molar-refractivity contribution in [1.82, 2.24) is 0 Å². The van der Waals surface area contributed by atoms with E-state index in [0.717, 1.165) is 55.5 Å². The van der Waals surface area contributed by atoms with Crippen LogP contribution in [0.5, 0.6) is 0 Å². The Morgan fingerprint density at radius 2 is 1.02 bits per heavy atom. The van der Waals surface area contributed by atoms with E-state index in [2.05, 4.69) is 205 Å². The summed E-state index contributed by atoms with van der Waals surface area (Å²) in [6.07, 6.45) is 0. The van der Waals surface area contributed by atoms with Crippen molar-refractivity contribution in [3.8, 4) is 22.3 Å². The number of nitrogens with zero attached hydrogens (tertiary/aromatic N) is 1. The second-order valence-electron chi connectivity index (χ2n) is 14.8. The van der Waals surface area contributed by atoms with Gasteiger partial charge in [0.25, 0.3) is 0 Å². The molecule has 0 saturated heterocycles. The predicted molar refractivity (Wildman–Crippen MR) is 245 cm³/mol. The van der Waals surface area contributed by atoms with Crippen LogP contribution < -0.4 is 4.90 Å². The predicted octanol–water partition coefficient (Wildman–Crippen LogP) is 16.2. The third-order valence-corrected chi connectivity index (χ3v) is 12.8. The van der Waals surface area contributed by atoms with E-state index in [9.17, 15) is 0 Å². The maximum atomic E-state index is 6.67. The third-order valence-electron chi connectivity index (χ3n) is 11.6. The Hall–Kier alpha value is -7.20. The van der Waals surface area contributed by atoms with Gasteiger partial charge in [-0.05, 0) is 98.2 Å². The fourth-order valence-corrected chi connectivity index (χ4v) is 10.2. The van der Waals surface area contributed by atoms with Crippen molar-refractivity contribution in [2.24, 2.45) is 0 Å². The number of fused-ring (bicyclic) bond motifs is 11. The summed E-state index contributed by atoms with van der Waals surface area (Å²) in [5, 5.41) is 12.2. The van der Waals surface area contributed by atoms with Gasteiger partial charge in [0.15, 0.2) is 0 Å². The number of furan rings is 1. The summed E-state index contributed by atoms with van der Waals surface area (Å²) in [6.45, 7) is 0. The van der Waals surface area contributed by atoms with Crippen molar-refractivity contribution in [2.45, 2.75) is 0 Å². The van der Waals surface area contributed by atoms with Crippen LogP contribution in [0.4, 0.5) is 17.1 Å². The number of benzene rings is 10. The zero-order valence-electron chi connectivity index (χ0n) is 30.8. The Kier molecular flexibility index (Phi) is 7.13. The molecule has 0 unspecified atom stereocenters. The number of anilines is 3. The van der Waals surface area contributed by atoms with Crippen molar-refractivity contribution in [3.05, 3.63) is 200 Å². The third kappa shape index (κ3) is 5.03. The van der Waals surface area contributed by atoms with Crippen LogP contribution in [0.3, 0.4) is 0 Å². The zero-order valence-corrected chi connectivity index (χ0v) is 31.6. The van der Waals surface area contributed by atoms with E-state index < -0.39 is 0 Å². The molecule has 0 fully saturated rings. The van der Waals surface area contributed by atoms with E-state index in [0.29, 0.717) is 0 Å². The Morgan fingerprint density at radius 1 is 0.368 bits per heavy atom. The average molecular weight is 744 g/mol. The summed E-state index contributed by atoms with van der Waals surface area (Å²) in [4.78, 5) is 2.43. The van der Waals surface area contributed by atoms with Crippen LogP contribution in [0.2, 0.25) is 0 Å². The molecule has 0 amide bonds. The maximum Gasteiger partial charge on any atom is 0.143 e. The molecule has 0 radical (unpaired) electrons. The minimum Gasteiger partial charge on any atom is -0.455 e. The maximum absolute atomic E-state index is 6.67. The highest BCUT2D eigenvalue weighted by atomic mass is 32.1. The monoisotopic (exact) mass is 743 g/mol. The summed E-state index contributed by atoms with van der Waals surface area (Å²) < 4.78 is 9.24. The molecule has 3 heteroatoms. The van der Waals surface area contributed by atoms with Gasteiger partial charge in [-0.2, -0.15) is 0 Å².